The second kappa shape index (κ2) is 5.84. The molecule has 1 fully saturated rings. The summed E-state index contributed by atoms with van der Waals surface area (Å²) in [6.45, 7) is 1.76. The number of rotatable bonds is 4. The van der Waals surface area contributed by atoms with Gasteiger partial charge in [0.1, 0.15) is 6.54 Å². The van der Waals surface area contributed by atoms with E-state index in [4.69, 9.17) is 9.84 Å². The minimum atomic E-state index is 0.00851. The number of nitrogens with one attached hydrogen (secondary N) is 1. The van der Waals surface area contributed by atoms with Crippen molar-refractivity contribution in [1.82, 2.24) is 9.88 Å². The van der Waals surface area contributed by atoms with Gasteiger partial charge in [0, 0.05) is 31.6 Å². The van der Waals surface area contributed by atoms with Gasteiger partial charge in [-0.2, -0.15) is 0 Å². The van der Waals surface area contributed by atoms with Crippen molar-refractivity contribution in [3.05, 3.63) is 24.0 Å². The maximum atomic E-state index is 11.7. The van der Waals surface area contributed by atoms with Crippen LogP contribution in [0.25, 0.3) is 0 Å². The summed E-state index contributed by atoms with van der Waals surface area (Å²) in [5, 5.41) is 11.9. The number of aliphatic hydroxyl groups is 1. The molecular formula is C12H18N2O3. The van der Waals surface area contributed by atoms with Crippen LogP contribution < -0.4 is 5.32 Å². The van der Waals surface area contributed by atoms with E-state index in [1.807, 2.05) is 6.07 Å². The van der Waals surface area contributed by atoms with Gasteiger partial charge in [0.25, 0.3) is 0 Å². The van der Waals surface area contributed by atoms with Crippen LogP contribution in [0.15, 0.2) is 18.5 Å². The van der Waals surface area contributed by atoms with E-state index >= 15 is 0 Å². The summed E-state index contributed by atoms with van der Waals surface area (Å²) in [5.41, 5.74) is 0.823. The third-order valence-corrected chi connectivity index (χ3v) is 2.91. The molecule has 1 aromatic heterocycles. The van der Waals surface area contributed by atoms with Crippen LogP contribution >= 0.6 is 0 Å². The van der Waals surface area contributed by atoms with Gasteiger partial charge in [-0.15, -0.1) is 0 Å². The minimum Gasteiger partial charge on any atom is -0.392 e. The van der Waals surface area contributed by atoms with Crippen molar-refractivity contribution in [2.24, 2.45) is 0 Å². The summed E-state index contributed by atoms with van der Waals surface area (Å²) in [4.78, 5) is 11.7. The van der Waals surface area contributed by atoms with Gasteiger partial charge in [0.05, 0.1) is 6.61 Å². The van der Waals surface area contributed by atoms with Crippen LogP contribution in [0.1, 0.15) is 18.4 Å². The van der Waals surface area contributed by atoms with Crippen molar-refractivity contribution in [2.75, 3.05) is 13.2 Å². The molecule has 1 aliphatic heterocycles. The van der Waals surface area contributed by atoms with Gasteiger partial charge in [0.2, 0.25) is 5.91 Å². The van der Waals surface area contributed by atoms with Crippen LogP contribution in [-0.4, -0.2) is 34.8 Å². The molecule has 0 bridgehead atoms. The molecular weight excluding hydrogens is 220 g/mol. The van der Waals surface area contributed by atoms with Crippen LogP contribution in [0.4, 0.5) is 0 Å². The molecule has 0 unspecified atom stereocenters. The molecule has 0 saturated carbocycles. The van der Waals surface area contributed by atoms with Crippen molar-refractivity contribution >= 4 is 5.91 Å². The van der Waals surface area contributed by atoms with Gasteiger partial charge >= 0.3 is 0 Å². The maximum Gasteiger partial charge on any atom is 0.240 e. The topological polar surface area (TPSA) is 63.5 Å². The van der Waals surface area contributed by atoms with E-state index in [1.165, 1.54) is 0 Å². The van der Waals surface area contributed by atoms with Crippen LogP contribution in [0.3, 0.4) is 0 Å². The van der Waals surface area contributed by atoms with E-state index in [2.05, 4.69) is 5.32 Å². The number of aliphatic hydroxyl groups excluding tert-OH is 1. The summed E-state index contributed by atoms with van der Waals surface area (Å²) in [7, 11) is 0. The number of ether oxygens (including phenoxy) is 1. The van der Waals surface area contributed by atoms with Crippen molar-refractivity contribution in [3.63, 3.8) is 0 Å². The predicted molar refractivity (Wildman–Crippen MR) is 62.3 cm³/mol. The molecule has 1 aliphatic rings. The van der Waals surface area contributed by atoms with Crippen molar-refractivity contribution < 1.29 is 14.6 Å². The molecule has 5 heteroatoms. The van der Waals surface area contributed by atoms with Crippen LogP contribution in [0.2, 0.25) is 0 Å². The predicted octanol–water partition coefficient (Wildman–Crippen LogP) is 0.276. The molecule has 2 rings (SSSR count). The van der Waals surface area contributed by atoms with Crippen LogP contribution in [0.5, 0.6) is 0 Å². The molecule has 0 radical (unpaired) electrons. The fourth-order valence-electron chi connectivity index (χ4n) is 1.96. The Bertz CT molecular complexity index is 370. The van der Waals surface area contributed by atoms with Crippen molar-refractivity contribution in [1.29, 1.82) is 0 Å². The normalized spacial score (nSPS) is 17.0. The largest absolute Gasteiger partial charge is 0.392 e. The highest BCUT2D eigenvalue weighted by atomic mass is 16.5. The molecule has 1 aromatic rings. The number of amides is 1. The molecule has 1 saturated heterocycles. The lowest BCUT2D eigenvalue weighted by Gasteiger charge is -2.23. The summed E-state index contributed by atoms with van der Waals surface area (Å²) in [6, 6.07) is 2.05. The van der Waals surface area contributed by atoms with Gasteiger partial charge in [-0.3, -0.25) is 4.79 Å². The van der Waals surface area contributed by atoms with Gasteiger partial charge in [0.15, 0.2) is 0 Å². The van der Waals surface area contributed by atoms with Gasteiger partial charge in [-0.25, -0.2) is 0 Å². The van der Waals surface area contributed by atoms with Crippen molar-refractivity contribution in [2.45, 2.75) is 32.0 Å². The molecule has 94 valence electrons. The Kier molecular flexibility index (Phi) is 4.17. The summed E-state index contributed by atoms with van der Waals surface area (Å²) >= 11 is 0. The first-order valence-electron chi connectivity index (χ1n) is 5.90. The van der Waals surface area contributed by atoms with Crippen LogP contribution in [0, 0.1) is 0 Å². The smallest absolute Gasteiger partial charge is 0.240 e. The van der Waals surface area contributed by atoms with E-state index < -0.39 is 0 Å². The number of carbonyl (C=O) groups excluding carboxylic acids is 1. The average Bonchev–Trinajstić information content (AvgIpc) is 2.78. The third kappa shape index (κ3) is 3.57. The van der Waals surface area contributed by atoms with Gasteiger partial charge < -0.3 is 19.7 Å². The first-order chi connectivity index (χ1) is 8.28. The number of nitrogens with zero attached hydrogens (tertiary/aromatic N) is 1. The second-order valence-corrected chi connectivity index (χ2v) is 4.30. The molecule has 5 nitrogen and oxygen atoms in total. The fraction of sp³-hybridized carbons (Fsp3) is 0.583. The minimum absolute atomic E-state index is 0.00851. The van der Waals surface area contributed by atoms with E-state index in [-0.39, 0.29) is 18.6 Å². The Morgan fingerprint density at radius 1 is 1.53 bits per heavy atom. The number of hydrogen-bond acceptors (Lipinski definition) is 3. The van der Waals surface area contributed by atoms with Gasteiger partial charge in [-0.05, 0) is 24.5 Å². The van der Waals surface area contributed by atoms with E-state index in [1.54, 1.807) is 17.0 Å². The highest BCUT2D eigenvalue weighted by Crippen LogP contribution is 2.06. The molecule has 0 atom stereocenters. The van der Waals surface area contributed by atoms with E-state index in [0.717, 1.165) is 31.6 Å². The Balaban J connectivity index is 1.79. The van der Waals surface area contributed by atoms with Gasteiger partial charge in [-0.1, -0.05) is 0 Å². The zero-order chi connectivity index (χ0) is 12.1. The summed E-state index contributed by atoms with van der Waals surface area (Å²) in [5.74, 6) is 0.0111. The quantitative estimate of drug-likeness (QED) is 0.791. The SMILES string of the molecule is O=C(Cn1ccc(CO)c1)NC1CCOCC1. The second-order valence-electron chi connectivity index (χ2n) is 4.30. The lowest BCUT2D eigenvalue weighted by molar-refractivity contribution is -0.122. The van der Waals surface area contributed by atoms with Crippen LogP contribution in [-0.2, 0) is 22.7 Å². The third-order valence-electron chi connectivity index (χ3n) is 2.91. The van der Waals surface area contributed by atoms with E-state index in [0.29, 0.717) is 6.54 Å². The maximum absolute atomic E-state index is 11.7. The lowest BCUT2D eigenvalue weighted by atomic mass is 10.1. The number of aromatic nitrogens is 1. The average molecular weight is 238 g/mol. The summed E-state index contributed by atoms with van der Waals surface area (Å²) < 4.78 is 7.01. The molecule has 17 heavy (non-hydrogen) atoms. The monoisotopic (exact) mass is 238 g/mol. The standard InChI is InChI=1S/C12H18N2O3/c15-9-10-1-4-14(7-10)8-12(16)13-11-2-5-17-6-3-11/h1,4,7,11,15H,2-3,5-6,8-9H2,(H,13,16). The molecule has 0 aromatic carbocycles. The zero-order valence-electron chi connectivity index (χ0n) is 9.76. The Labute approximate surface area is 100 Å². The fourth-order valence-corrected chi connectivity index (χ4v) is 1.96. The molecule has 0 spiro atoms. The summed E-state index contributed by atoms with van der Waals surface area (Å²) in [6.07, 6.45) is 5.36. The Morgan fingerprint density at radius 2 is 2.29 bits per heavy atom. The highest BCUT2D eigenvalue weighted by molar-refractivity contribution is 5.76. The first-order valence-corrected chi connectivity index (χ1v) is 5.90. The number of hydrogen-bond donors (Lipinski definition) is 2. The first kappa shape index (κ1) is 12.1. The lowest BCUT2D eigenvalue weighted by Crippen LogP contribution is -2.40. The number of carbonyl (C=O) groups is 1. The van der Waals surface area contributed by atoms with Crippen molar-refractivity contribution in [3.8, 4) is 0 Å². The Morgan fingerprint density at radius 3 is 2.94 bits per heavy atom. The van der Waals surface area contributed by atoms with E-state index in [9.17, 15) is 4.79 Å². The molecule has 0 aliphatic carbocycles. The molecule has 2 N–H and O–H groups in total. The highest BCUT2D eigenvalue weighted by Gasteiger charge is 2.15. The Hall–Kier alpha value is -1.33. The zero-order valence-corrected chi connectivity index (χ0v) is 9.76. The molecule has 2 heterocycles. The molecule has 1 amide bonds.